The summed E-state index contributed by atoms with van der Waals surface area (Å²) in [5, 5.41) is 16.0. The molecule has 0 aromatic heterocycles. The number of hydrogen-bond donors (Lipinski definition) is 0. The normalized spacial score (nSPS) is 25.3. The molecule has 2 fully saturated rings. The number of allylic oxidation sites excluding steroid dienone is 2. The average molecular weight is 575 g/mol. The number of hydrogen-bond acceptors (Lipinski definition) is 6. The molecule has 1 aliphatic heterocycles. The number of benzene rings is 2. The van der Waals surface area contributed by atoms with Gasteiger partial charge in [0.2, 0.25) is 0 Å². The Kier molecular flexibility index (Phi) is 5.65. The summed E-state index contributed by atoms with van der Waals surface area (Å²) in [6, 6.07) is 9.69. The molecule has 168 valence electrons. The molecule has 5 rings (SSSR count). The Morgan fingerprint density at radius 1 is 1.06 bits per heavy atom. The summed E-state index contributed by atoms with van der Waals surface area (Å²) in [7, 11) is 0. The van der Waals surface area contributed by atoms with Crippen LogP contribution in [0.25, 0.3) is 0 Å². The van der Waals surface area contributed by atoms with E-state index in [4.69, 9.17) is 4.74 Å². The molecule has 0 unspecified atom stereocenters. The van der Waals surface area contributed by atoms with Gasteiger partial charge in [-0.2, -0.15) is 10.1 Å². The van der Waals surface area contributed by atoms with Gasteiger partial charge in [-0.25, -0.2) is 0 Å². The zero-order valence-electron chi connectivity index (χ0n) is 17.1. The van der Waals surface area contributed by atoms with E-state index < -0.39 is 4.92 Å². The molecule has 2 aromatic rings. The van der Waals surface area contributed by atoms with E-state index in [1.807, 2.05) is 12.2 Å². The fraction of sp³-hybridized carbons (Fsp3) is 0.261. The lowest BCUT2D eigenvalue weighted by atomic mass is 9.85. The summed E-state index contributed by atoms with van der Waals surface area (Å²) >= 11 is 6.96. The lowest BCUT2D eigenvalue weighted by Gasteiger charge is -2.13. The second kappa shape index (κ2) is 8.49. The molecule has 8 nitrogen and oxygen atoms in total. The van der Waals surface area contributed by atoms with Gasteiger partial charge in [-0.3, -0.25) is 19.7 Å². The standard InChI is InChI=1S/C23H17Br2N3O5/c24-17-7-13(8-18(25)21(17)33-11-12-1-5-16(6-2-12)28(31)32)10-26-27-22(29)19-14-3-4-15(9-14)20(19)23(27)30/h1-8,10,14-15,19-20H,9,11H2/b26-10-/t14-,15-,19-,20-/m0/s1. The summed E-state index contributed by atoms with van der Waals surface area (Å²) in [6.45, 7) is 0.221. The second-order valence-corrected chi connectivity index (χ2v) is 9.97. The molecule has 0 spiro atoms. The van der Waals surface area contributed by atoms with Gasteiger partial charge in [0.05, 0.1) is 31.9 Å². The van der Waals surface area contributed by atoms with Gasteiger partial charge in [-0.1, -0.05) is 12.2 Å². The van der Waals surface area contributed by atoms with E-state index in [0.717, 1.165) is 17.0 Å². The van der Waals surface area contributed by atoms with E-state index in [0.29, 0.717) is 20.3 Å². The highest BCUT2D eigenvalue weighted by Crippen LogP contribution is 2.52. The molecule has 2 aliphatic carbocycles. The number of non-ortho nitro benzene ring substituents is 1. The summed E-state index contributed by atoms with van der Waals surface area (Å²) in [4.78, 5) is 35.8. The number of rotatable bonds is 6. The van der Waals surface area contributed by atoms with Gasteiger partial charge in [-0.15, -0.1) is 0 Å². The molecule has 1 heterocycles. The van der Waals surface area contributed by atoms with Crippen molar-refractivity contribution in [1.29, 1.82) is 0 Å². The molecule has 2 aromatic carbocycles. The number of carbonyl (C=O) groups is 2. The van der Waals surface area contributed by atoms with Crippen molar-refractivity contribution < 1.29 is 19.2 Å². The number of imide groups is 1. The highest BCUT2D eigenvalue weighted by Gasteiger charge is 2.59. The van der Waals surface area contributed by atoms with E-state index in [9.17, 15) is 19.7 Å². The number of ether oxygens (including phenoxy) is 1. The van der Waals surface area contributed by atoms with Crippen LogP contribution in [0.3, 0.4) is 0 Å². The van der Waals surface area contributed by atoms with Gasteiger partial charge in [0, 0.05) is 12.1 Å². The summed E-state index contributed by atoms with van der Waals surface area (Å²) in [5.41, 5.74) is 1.48. The number of hydrazone groups is 1. The van der Waals surface area contributed by atoms with E-state index in [2.05, 4.69) is 37.0 Å². The maximum atomic E-state index is 12.8. The fourth-order valence-electron chi connectivity index (χ4n) is 4.79. The summed E-state index contributed by atoms with van der Waals surface area (Å²) < 4.78 is 7.17. The third kappa shape index (κ3) is 3.91. The van der Waals surface area contributed by atoms with Gasteiger partial charge in [0.15, 0.2) is 0 Å². The van der Waals surface area contributed by atoms with Crippen molar-refractivity contribution in [3.05, 3.63) is 78.7 Å². The Bertz CT molecular complexity index is 1170. The first-order valence-corrected chi connectivity index (χ1v) is 11.9. The topological polar surface area (TPSA) is 102 Å². The van der Waals surface area contributed by atoms with Crippen LogP contribution in [0.15, 0.2) is 62.6 Å². The van der Waals surface area contributed by atoms with Crippen molar-refractivity contribution in [3.8, 4) is 5.75 Å². The minimum atomic E-state index is -0.450. The number of carbonyl (C=O) groups excluding carboxylic acids is 2. The number of nitro groups is 1. The SMILES string of the molecule is O=C1[C@@H]2[C@@H](C(=O)N1/N=C\c1cc(Br)c(OCc3ccc([N+](=O)[O-])cc3)c(Br)c1)[C@H]1C=C[C@H]2C1. The predicted octanol–water partition coefficient (Wildman–Crippen LogP) is 4.84. The minimum absolute atomic E-state index is 0.0206. The number of fused-ring (bicyclic) bond motifs is 5. The van der Waals surface area contributed by atoms with Crippen LogP contribution in [-0.2, 0) is 16.2 Å². The van der Waals surface area contributed by atoms with E-state index >= 15 is 0 Å². The van der Waals surface area contributed by atoms with Gasteiger partial charge in [0.1, 0.15) is 12.4 Å². The third-order valence-electron chi connectivity index (χ3n) is 6.32. The van der Waals surface area contributed by atoms with Crippen molar-refractivity contribution in [2.24, 2.45) is 28.8 Å². The molecular weight excluding hydrogens is 558 g/mol. The first kappa shape index (κ1) is 22.0. The smallest absolute Gasteiger partial charge is 0.269 e. The van der Waals surface area contributed by atoms with Crippen LogP contribution in [-0.4, -0.2) is 28.0 Å². The van der Waals surface area contributed by atoms with Crippen molar-refractivity contribution >= 4 is 55.6 Å². The van der Waals surface area contributed by atoms with Crippen LogP contribution >= 0.6 is 31.9 Å². The molecular formula is C23H17Br2N3O5. The Morgan fingerprint density at radius 3 is 2.18 bits per heavy atom. The molecule has 1 saturated heterocycles. The Hall–Kier alpha value is -2.85. The van der Waals surface area contributed by atoms with Crippen molar-refractivity contribution in [1.82, 2.24) is 5.01 Å². The fourth-order valence-corrected chi connectivity index (χ4v) is 6.24. The Labute approximate surface area is 205 Å². The maximum absolute atomic E-state index is 12.8. The van der Waals surface area contributed by atoms with Crippen LogP contribution in [0.5, 0.6) is 5.75 Å². The maximum Gasteiger partial charge on any atom is 0.269 e. The zero-order valence-corrected chi connectivity index (χ0v) is 20.2. The summed E-state index contributed by atoms with van der Waals surface area (Å²) in [6.07, 6.45) is 6.47. The zero-order chi connectivity index (χ0) is 23.3. The molecule has 4 atom stereocenters. The Balaban J connectivity index is 1.28. The molecule has 2 amide bonds. The van der Waals surface area contributed by atoms with Crippen LogP contribution in [0.4, 0.5) is 5.69 Å². The van der Waals surface area contributed by atoms with Crippen LogP contribution in [0.2, 0.25) is 0 Å². The number of amides is 2. The highest BCUT2D eigenvalue weighted by molar-refractivity contribution is 9.11. The monoisotopic (exact) mass is 573 g/mol. The van der Waals surface area contributed by atoms with E-state index in [1.54, 1.807) is 24.3 Å². The van der Waals surface area contributed by atoms with Crippen LogP contribution < -0.4 is 4.74 Å². The van der Waals surface area contributed by atoms with E-state index in [-0.39, 0.29) is 47.8 Å². The minimum Gasteiger partial charge on any atom is -0.487 e. The highest BCUT2D eigenvalue weighted by atomic mass is 79.9. The largest absolute Gasteiger partial charge is 0.487 e. The molecule has 33 heavy (non-hydrogen) atoms. The number of nitrogens with zero attached hydrogens (tertiary/aromatic N) is 3. The van der Waals surface area contributed by atoms with Gasteiger partial charge < -0.3 is 4.74 Å². The lowest BCUT2D eigenvalue weighted by molar-refractivity contribution is -0.384. The molecule has 0 radical (unpaired) electrons. The predicted molar refractivity (Wildman–Crippen MR) is 126 cm³/mol. The van der Waals surface area contributed by atoms with Gasteiger partial charge in [0.25, 0.3) is 17.5 Å². The van der Waals surface area contributed by atoms with Crippen molar-refractivity contribution in [3.63, 3.8) is 0 Å². The molecule has 0 N–H and O–H groups in total. The quantitative estimate of drug-likeness (QED) is 0.161. The van der Waals surface area contributed by atoms with Gasteiger partial charge >= 0.3 is 0 Å². The summed E-state index contributed by atoms with van der Waals surface area (Å²) in [5.74, 6) is -0.162. The first-order chi connectivity index (χ1) is 15.8. The van der Waals surface area contributed by atoms with Crippen molar-refractivity contribution in [2.75, 3.05) is 0 Å². The molecule has 2 bridgehead atoms. The molecule has 10 heteroatoms. The van der Waals surface area contributed by atoms with Crippen LogP contribution in [0.1, 0.15) is 17.5 Å². The average Bonchev–Trinajstić information content (AvgIpc) is 3.46. The van der Waals surface area contributed by atoms with E-state index in [1.165, 1.54) is 18.3 Å². The Morgan fingerprint density at radius 2 is 1.64 bits per heavy atom. The lowest BCUT2D eigenvalue weighted by Crippen LogP contribution is -2.28. The second-order valence-electron chi connectivity index (χ2n) is 8.26. The molecule has 1 saturated carbocycles. The number of nitro benzene ring substituents is 1. The first-order valence-electron chi connectivity index (χ1n) is 10.3. The van der Waals surface area contributed by atoms with Crippen LogP contribution in [0, 0.1) is 33.8 Å². The van der Waals surface area contributed by atoms with Gasteiger partial charge in [-0.05, 0) is 85.5 Å². The molecule has 3 aliphatic rings. The van der Waals surface area contributed by atoms with Crippen molar-refractivity contribution in [2.45, 2.75) is 13.0 Å². The number of halogens is 2. The third-order valence-corrected chi connectivity index (χ3v) is 7.50.